The molecule has 2 rings (SSSR count). The molecule has 7 heteroatoms. The number of pyridine rings is 1. The van der Waals surface area contributed by atoms with Gasteiger partial charge in [-0.1, -0.05) is 18.2 Å². The third-order valence-electron chi connectivity index (χ3n) is 1.85. The van der Waals surface area contributed by atoms with E-state index in [-0.39, 0.29) is 17.1 Å². The summed E-state index contributed by atoms with van der Waals surface area (Å²) in [6, 6.07) is 9.69. The Kier molecular flexibility index (Phi) is 6.41. The van der Waals surface area contributed by atoms with E-state index in [4.69, 9.17) is 25.5 Å². The number of carboxylic acids is 2. The first-order valence-electron chi connectivity index (χ1n) is 4.58. The van der Waals surface area contributed by atoms with E-state index in [1.165, 1.54) is 0 Å². The molecule has 1 aromatic heterocycles. The second-order valence-electron chi connectivity index (χ2n) is 3.03. The topological polar surface area (TPSA) is 114 Å². The van der Waals surface area contributed by atoms with Crippen molar-refractivity contribution in [1.82, 2.24) is 4.98 Å². The Labute approximate surface area is 113 Å². The number of carboxylic acid groups (broad SMARTS) is 2. The molecule has 0 saturated carbocycles. The molecule has 2 aromatic rings. The molecule has 1 radical (unpaired) electrons. The van der Waals surface area contributed by atoms with Crippen LogP contribution >= 0.6 is 0 Å². The number of benzene rings is 1. The van der Waals surface area contributed by atoms with Gasteiger partial charge in [0.2, 0.25) is 0 Å². The average molecular weight is 298 g/mol. The number of para-hydroxylation sites is 1. The molecule has 1 heterocycles. The molecule has 0 bridgehead atoms. The fourth-order valence-electron chi connectivity index (χ4n) is 1.13. The number of hydrogen-bond acceptors (Lipinski definition) is 4. The molecule has 0 aliphatic rings. The number of nitrogen functional groups attached to an aromatic ring is 1. The van der Waals surface area contributed by atoms with Crippen LogP contribution in [0.5, 0.6) is 0 Å². The molecule has 0 aliphatic heterocycles. The molecule has 0 fully saturated rings. The van der Waals surface area contributed by atoms with Crippen molar-refractivity contribution < 1.29 is 36.9 Å². The quantitative estimate of drug-likeness (QED) is 0.379. The smallest absolute Gasteiger partial charge is 0.414 e. The molecule has 0 unspecified atom stereocenters. The fraction of sp³-hybridized carbons (Fsp3) is 0. The number of fused-ring (bicyclic) bond motifs is 1. The van der Waals surface area contributed by atoms with E-state index < -0.39 is 11.9 Å². The van der Waals surface area contributed by atoms with Gasteiger partial charge >= 0.3 is 11.9 Å². The summed E-state index contributed by atoms with van der Waals surface area (Å²) in [5.41, 5.74) is 7.32. The number of rotatable bonds is 0. The molecule has 0 amide bonds. The minimum atomic E-state index is -1.82. The minimum absolute atomic E-state index is 0. The molecule has 0 spiro atoms. The summed E-state index contributed by atoms with van der Waals surface area (Å²) in [5.74, 6) is -3.65. The normalized spacial score (nSPS) is 8.67. The number of nitrogens with zero attached hydrogens (tertiary/aromatic N) is 1. The SMILES string of the molecule is Nc1cccc2cccnc12.O=C(O)C(=O)O.[Cu]. The third-order valence-corrected chi connectivity index (χ3v) is 1.85. The maximum atomic E-state index is 9.10. The van der Waals surface area contributed by atoms with Crippen LogP contribution in [-0.4, -0.2) is 27.1 Å². The van der Waals surface area contributed by atoms with E-state index in [1.54, 1.807) is 6.20 Å². The summed E-state index contributed by atoms with van der Waals surface area (Å²) in [5, 5.41) is 15.9. The van der Waals surface area contributed by atoms with E-state index in [9.17, 15) is 0 Å². The fourth-order valence-corrected chi connectivity index (χ4v) is 1.13. The van der Waals surface area contributed by atoms with Gasteiger partial charge in [-0.2, -0.15) is 0 Å². The Morgan fingerprint density at radius 3 is 2.11 bits per heavy atom. The molecule has 4 N–H and O–H groups in total. The second kappa shape index (κ2) is 7.26. The van der Waals surface area contributed by atoms with Crippen LogP contribution in [0.1, 0.15) is 0 Å². The Hall–Kier alpha value is -2.11. The van der Waals surface area contributed by atoms with E-state index in [0.29, 0.717) is 0 Å². The van der Waals surface area contributed by atoms with Gasteiger partial charge in [0, 0.05) is 28.7 Å². The summed E-state index contributed by atoms with van der Waals surface area (Å²) in [6.07, 6.45) is 1.75. The minimum Gasteiger partial charge on any atom is -0.473 e. The number of aliphatic carboxylic acids is 2. The van der Waals surface area contributed by atoms with Crippen LogP contribution in [0, 0.1) is 0 Å². The van der Waals surface area contributed by atoms with E-state index in [1.807, 2.05) is 30.3 Å². The first-order chi connectivity index (χ1) is 8.02. The Bertz CT molecular complexity index is 542. The molecule has 0 atom stereocenters. The summed E-state index contributed by atoms with van der Waals surface area (Å²) >= 11 is 0. The number of hydrogen-bond donors (Lipinski definition) is 3. The van der Waals surface area contributed by atoms with Crippen molar-refractivity contribution in [2.75, 3.05) is 5.73 Å². The van der Waals surface area contributed by atoms with Crippen LogP contribution in [0.4, 0.5) is 5.69 Å². The van der Waals surface area contributed by atoms with Gasteiger partial charge in [0.1, 0.15) is 0 Å². The van der Waals surface area contributed by atoms with Crippen molar-refractivity contribution in [2.45, 2.75) is 0 Å². The van der Waals surface area contributed by atoms with Crippen LogP contribution in [0.25, 0.3) is 10.9 Å². The van der Waals surface area contributed by atoms with Crippen LogP contribution in [-0.2, 0) is 26.7 Å². The maximum Gasteiger partial charge on any atom is 0.414 e. The van der Waals surface area contributed by atoms with Crippen molar-refractivity contribution in [1.29, 1.82) is 0 Å². The van der Waals surface area contributed by atoms with Crippen LogP contribution < -0.4 is 5.73 Å². The molecule has 0 aliphatic carbocycles. The van der Waals surface area contributed by atoms with Gasteiger partial charge in [-0.15, -0.1) is 0 Å². The van der Waals surface area contributed by atoms with Gasteiger partial charge in [-0.25, -0.2) is 9.59 Å². The summed E-state index contributed by atoms with van der Waals surface area (Å²) < 4.78 is 0. The van der Waals surface area contributed by atoms with Crippen molar-refractivity contribution in [3.05, 3.63) is 36.5 Å². The van der Waals surface area contributed by atoms with Crippen LogP contribution in [0.3, 0.4) is 0 Å². The van der Waals surface area contributed by atoms with E-state index in [2.05, 4.69) is 4.98 Å². The van der Waals surface area contributed by atoms with E-state index in [0.717, 1.165) is 16.6 Å². The van der Waals surface area contributed by atoms with E-state index >= 15 is 0 Å². The Morgan fingerprint density at radius 2 is 1.61 bits per heavy atom. The zero-order valence-corrected chi connectivity index (χ0v) is 9.94. The molecule has 6 nitrogen and oxygen atoms in total. The third kappa shape index (κ3) is 4.40. The Morgan fingerprint density at radius 1 is 1.06 bits per heavy atom. The summed E-state index contributed by atoms with van der Waals surface area (Å²) in [7, 11) is 0. The molecular formula is C11H10CuN2O4. The summed E-state index contributed by atoms with van der Waals surface area (Å²) in [4.78, 5) is 22.4. The van der Waals surface area contributed by atoms with Crippen molar-refractivity contribution in [3.8, 4) is 0 Å². The van der Waals surface area contributed by atoms with Gasteiger partial charge in [0.15, 0.2) is 0 Å². The van der Waals surface area contributed by atoms with Gasteiger partial charge < -0.3 is 15.9 Å². The zero-order chi connectivity index (χ0) is 12.8. The second-order valence-corrected chi connectivity index (χ2v) is 3.03. The van der Waals surface area contributed by atoms with Crippen molar-refractivity contribution in [3.63, 3.8) is 0 Å². The number of carbonyl (C=O) groups is 2. The van der Waals surface area contributed by atoms with Gasteiger partial charge in [0.05, 0.1) is 11.2 Å². The first kappa shape index (κ1) is 15.9. The van der Waals surface area contributed by atoms with Crippen molar-refractivity contribution >= 4 is 28.5 Å². The first-order valence-corrected chi connectivity index (χ1v) is 4.58. The largest absolute Gasteiger partial charge is 0.473 e. The molecule has 0 saturated heterocycles. The Balaban J connectivity index is 0.000000362. The van der Waals surface area contributed by atoms with Crippen LogP contribution in [0.2, 0.25) is 0 Å². The summed E-state index contributed by atoms with van der Waals surface area (Å²) in [6.45, 7) is 0. The molecule has 1 aromatic carbocycles. The van der Waals surface area contributed by atoms with Gasteiger partial charge in [0.25, 0.3) is 0 Å². The predicted octanol–water partition coefficient (Wildman–Crippen LogP) is 0.970. The van der Waals surface area contributed by atoms with Crippen LogP contribution in [0.15, 0.2) is 36.5 Å². The van der Waals surface area contributed by atoms with Gasteiger partial charge in [-0.05, 0) is 12.1 Å². The van der Waals surface area contributed by atoms with Crippen molar-refractivity contribution in [2.24, 2.45) is 0 Å². The average Bonchev–Trinajstić information content (AvgIpc) is 2.30. The number of anilines is 1. The number of aromatic nitrogens is 1. The molecule has 99 valence electrons. The monoisotopic (exact) mass is 297 g/mol. The maximum absolute atomic E-state index is 9.10. The predicted molar refractivity (Wildman–Crippen MR) is 61.4 cm³/mol. The standard InChI is InChI=1S/C9H8N2.C2H2O4.Cu/c10-8-5-1-3-7-4-2-6-11-9(7)8;3-1(4)2(5)6;/h1-6H,10H2;(H,3,4)(H,5,6);. The van der Waals surface area contributed by atoms with Gasteiger partial charge in [-0.3, -0.25) is 4.98 Å². The molecular weight excluding hydrogens is 288 g/mol. The molecule has 18 heavy (non-hydrogen) atoms. The number of nitrogens with two attached hydrogens (primary N) is 1. The zero-order valence-electron chi connectivity index (χ0n) is 9.00.